The van der Waals surface area contributed by atoms with Gasteiger partial charge in [-0.2, -0.15) is 0 Å². The van der Waals surface area contributed by atoms with E-state index in [1.165, 1.54) is 17.4 Å². The van der Waals surface area contributed by atoms with E-state index in [0.717, 1.165) is 4.70 Å². The van der Waals surface area contributed by atoms with Gasteiger partial charge in [-0.05, 0) is 18.2 Å². The molecule has 0 fully saturated rings. The highest BCUT2D eigenvalue weighted by Gasteiger charge is 2.09. The van der Waals surface area contributed by atoms with Gasteiger partial charge in [-0.15, -0.1) is 11.3 Å². The smallest absolute Gasteiger partial charge is 0.196 e. The minimum Gasteiger partial charge on any atom is -0.545 e. The number of rotatable bonds is 1. The van der Waals surface area contributed by atoms with E-state index in [4.69, 9.17) is 0 Å². The molecule has 0 unspecified atom stereocenters. The van der Waals surface area contributed by atoms with Crippen molar-refractivity contribution in [1.82, 2.24) is 0 Å². The zero-order chi connectivity index (χ0) is 12.7. The van der Waals surface area contributed by atoms with E-state index >= 15 is 0 Å². The van der Waals surface area contributed by atoms with Crippen molar-refractivity contribution < 1.29 is 9.90 Å². The van der Waals surface area contributed by atoms with Crippen LogP contribution in [0.3, 0.4) is 0 Å². The summed E-state index contributed by atoms with van der Waals surface area (Å²) in [6, 6.07) is 12.0. The Morgan fingerprint density at radius 3 is 2.50 bits per heavy atom. The lowest BCUT2D eigenvalue weighted by Crippen LogP contribution is -2.24. The van der Waals surface area contributed by atoms with E-state index in [1.807, 2.05) is 12.1 Å². The molecule has 0 spiro atoms. The maximum absolute atomic E-state index is 12.3. The Morgan fingerprint density at radius 1 is 1.00 bits per heavy atom. The van der Waals surface area contributed by atoms with Crippen molar-refractivity contribution in [2.45, 2.75) is 0 Å². The highest BCUT2D eigenvalue weighted by molar-refractivity contribution is 7.24. The molecule has 0 aliphatic rings. The van der Waals surface area contributed by atoms with Crippen LogP contribution in [0.15, 0.2) is 47.3 Å². The molecule has 0 amide bonds. The van der Waals surface area contributed by atoms with Crippen molar-refractivity contribution in [3.05, 3.63) is 58.3 Å². The van der Waals surface area contributed by atoms with Gasteiger partial charge in [0.15, 0.2) is 5.43 Å². The van der Waals surface area contributed by atoms with Gasteiger partial charge >= 0.3 is 0 Å². The van der Waals surface area contributed by atoms with E-state index in [0.29, 0.717) is 10.1 Å². The van der Waals surface area contributed by atoms with Crippen molar-refractivity contribution in [1.29, 1.82) is 0 Å². The average Bonchev–Trinajstić information content (AvgIpc) is 2.38. The van der Waals surface area contributed by atoms with Crippen LogP contribution in [-0.2, 0) is 0 Å². The average molecular weight is 255 g/mol. The van der Waals surface area contributed by atoms with Gasteiger partial charge in [-0.25, -0.2) is 0 Å². The Labute approximate surface area is 106 Å². The molecule has 0 aliphatic heterocycles. The first-order valence-corrected chi connectivity index (χ1v) is 6.16. The molecule has 0 bridgehead atoms. The number of carboxylic acid groups (broad SMARTS) is 1. The number of hydrogen-bond donors (Lipinski definition) is 0. The third-order valence-electron chi connectivity index (χ3n) is 2.82. The normalized spacial score (nSPS) is 10.9. The molecule has 0 saturated carbocycles. The first-order chi connectivity index (χ1) is 8.68. The molecule has 0 radical (unpaired) electrons. The van der Waals surface area contributed by atoms with Crippen LogP contribution in [0.1, 0.15) is 10.4 Å². The first-order valence-electron chi connectivity index (χ1n) is 5.34. The maximum atomic E-state index is 12.3. The number of benzene rings is 2. The summed E-state index contributed by atoms with van der Waals surface area (Å²) in [5.74, 6) is -1.32. The lowest BCUT2D eigenvalue weighted by Gasteiger charge is -2.07. The van der Waals surface area contributed by atoms with Gasteiger partial charge in [0.2, 0.25) is 0 Å². The van der Waals surface area contributed by atoms with E-state index in [2.05, 4.69) is 0 Å². The minimum absolute atomic E-state index is 0.0421. The summed E-state index contributed by atoms with van der Waals surface area (Å²) in [6.07, 6.45) is 0. The number of carbonyl (C=O) groups excluding carboxylic acids is 1. The van der Waals surface area contributed by atoms with Crippen LogP contribution in [-0.4, -0.2) is 5.97 Å². The van der Waals surface area contributed by atoms with Crippen LogP contribution >= 0.6 is 11.3 Å². The van der Waals surface area contributed by atoms with Gasteiger partial charge in [0.1, 0.15) is 0 Å². The van der Waals surface area contributed by atoms with Crippen LogP contribution in [0.4, 0.5) is 0 Å². The number of carbonyl (C=O) groups is 1. The predicted molar refractivity (Wildman–Crippen MR) is 69.9 cm³/mol. The van der Waals surface area contributed by atoms with Gasteiger partial charge in [0, 0.05) is 25.7 Å². The van der Waals surface area contributed by atoms with Gasteiger partial charge in [-0.1, -0.05) is 24.3 Å². The van der Waals surface area contributed by atoms with Crippen LogP contribution in [0, 0.1) is 0 Å². The van der Waals surface area contributed by atoms with Crippen molar-refractivity contribution >= 4 is 37.5 Å². The second-order valence-corrected chi connectivity index (χ2v) is 4.98. The highest BCUT2D eigenvalue weighted by atomic mass is 32.1. The Hall–Kier alpha value is -2.20. The number of aromatic carboxylic acids is 1. The molecule has 88 valence electrons. The fourth-order valence-corrected chi connectivity index (χ4v) is 3.12. The summed E-state index contributed by atoms with van der Waals surface area (Å²) in [5.41, 5.74) is -0.293. The summed E-state index contributed by atoms with van der Waals surface area (Å²) >= 11 is 1.41. The Morgan fingerprint density at radius 2 is 1.72 bits per heavy atom. The van der Waals surface area contributed by atoms with Crippen molar-refractivity contribution in [2.24, 2.45) is 0 Å². The Kier molecular flexibility index (Phi) is 2.38. The fourth-order valence-electron chi connectivity index (χ4n) is 2.02. The third-order valence-corrected chi connectivity index (χ3v) is 3.96. The monoisotopic (exact) mass is 255 g/mol. The maximum Gasteiger partial charge on any atom is 0.196 e. The number of hydrogen-bond acceptors (Lipinski definition) is 4. The molecule has 0 atom stereocenters. The highest BCUT2D eigenvalue weighted by Crippen LogP contribution is 2.26. The lowest BCUT2D eigenvalue weighted by atomic mass is 10.1. The van der Waals surface area contributed by atoms with Crippen molar-refractivity contribution in [3.8, 4) is 0 Å². The van der Waals surface area contributed by atoms with E-state index < -0.39 is 5.97 Å². The largest absolute Gasteiger partial charge is 0.545 e. The second kappa shape index (κ2) is 3.92. The summed E-state index contributed by atoms with van der Waals surface area (Å²) < 4.78 is 1.52. The molecule has 0 saturated heterocycles. The van der Waals surface area contributed by atoms with Gasteiger partial charge in [0.05, 0.1) is 5.97 Å². The molecule has 2 aromatic carbocycles. The summed E-state index contributed by atoms with van der Waals surface area (Å²) in [4.78, 5) is 23.4. The SMILES string of the molecule is O=C([O-])c1cccc2sc3ccccc3c(=O)c12. The van der Waals surface area contributed by atoms with Crippen molar-refractivity contribution in [3.63, 3.8) is 0 Å². The van der Waals surface area contributed by atoms with Crippen LogP contribution in [0.25, 0.3) is 20.2 Å². The molecular formula is C14H7O3S-. The Balaban J connectivity index is 2.61. The standard InChI is InChI=1S/C14H8O3S/c15-13-8-4-1-2-6-10(8)18-11-7-3-5-9(12(11)13)14(16)17/h1-7H,(H,16,17)/p-1. The molecule has 0 N–H and O–H groups in total. The van der Waals surface area contributed by atoms with E-state index in [9.17, 15) is 14.7 Å². The molecule has 3 nitrogen and oxygen atoms in total. The summed E-state index contributed by atoms with van der Waals surface area (Å²) in [6.45, 7) is 0. The lowest BCUT2D eigenvalue weighted by molar-refractivity contribution is -0.254. The van der Waals surface area contributed by atoms with Gasteiger partial charge < -0.3 is 9.90 Å². The first kappa shape index (κ1) is 10.9. The quantitative estimate of drug-likeness (QED) is 0.623. The second-order valence-electron chi connectivity index (χ2n) is 3.89. The molecule has 1 aromatic heterocycles. The van der Waals surface area contributed by atoms with E-state index in [1.54, 1.807) is 24.3 Å². The zero-order valence-electron chi connectivity index (χ0n) is 9.17. The summed E-state index contributed by atoms with van der Waals surface area (Å²) in [7, 11) is 0. The molecule has 3 aromatic rings. The van der Waals surface area contributed by atoms with Crippen LogP contribution in [0.2, 0.25) is 0 Å². The van der Waals surface area contributed by atoms with Gasteiger partial charge in [-0.3, -0.25) is 4.79 Å². The number of carboxylic acids is 1. The minimum atomic E-state index is -1.32. The molecule has 3 rings (SSSR count). The molecule has 1 heterocycles. The zero-order valence-corrected chi connectivity index (χ0v) is 9.99. The Bertz CT molecular complexity index is 833. The van der Waals surface area contributed by atoms with Crippen LogP contribution < -0.4 is 10.5 Å². The molecule has 0 aliphatic carbocycles. The van der Waals surface area contributed by atoms with Crippen molar-refractivity contribution in [2.75, 3.05) is 0 Å². The predicted octanol–water partition coefficient (Wildman–Crippen LogP) is 1.78. The van der Waals surface area contributed by atoms with Gasteiger partial charge in [0.25, 0.3) is 0 Å². The van der Waals surface area contributed by atoms with Crippen LogP contribution in [0.5, 0.6) is 0 Å². The topological polar surface area (TPSA) is 57.2 Å². The van der Waals surface area contributed by atoms with E-state index in [-0.39, 0.29) is 16.4 Å². The summed E-state index contributed by atoms with van der Waals surface area (Å²) in [5, 5.41) is 11.8. The third kappa shape index (κ3) is 1.50. The fraction of sp³-hybridized carbons (Fsp3) is 0. The number of fused-ring (bicyclic) bond motifs is 2. The molecule has 18 heavy (non-hydrogen) atoms. The molecular weight excluding hydrogens is 248 g/mol. The molecule has 4 heteroatoms.